The summed E-state index contributed by atoms with van der Waals surface area (Å²) in [6, 6.07) is 6.47. The molecular formula is C23H26ClN5O4. The summed E-state index contributed by atoms with van der Waals surface area (Å²) in [5, 5.41) is 12.8. The van der Waals surface area contributed by atoms with Crippen molar-refractivity contribution >= 4 is 28.4 Å². The SMILES string of the molecule is O=C(NCC1CCN(CCO)CC1)c1cc(OCc2nc3cnccc3c(=O)[nH]2)ccc1Cl. The first-order valence-electron chi connectivity index (χ1n) is 10.9. The second-order valence-electron chi connectivity index (χ2n) is 8.05. The number of rotatable bonds is 8. The largest absolute Gasteiger partial charge is 0.486 e. The smallest absolute Gasteiger partial charge is 0.258 e. The zero-order valence-electron chi connectivity index (χ0n) is 18.1. The molecule has 1 aromatic carbocycles. The van der Waals surface area contributed by atoms with Gasteiger partial charge in [0.2, 0.25) is 0 Å². The summed E-state index contributed by atoms with van der Waals surface area (Å²) in [6.45, 7) is 3.31. The second-order valence-corrected chi connectivity index (χ2v) is 8.46. The van der Waals surface area contributed by atoms with Gasteiger partial charge in [-0.1, -0.05) is 11.6 Å². The standard InChI is InChI=1S/C23H26ClN5O4/c24-19-2-1-16(33-14-21-27-20-13-25-6-3-17(20)23(32)28-21)11-18(19)22(31)26-12-15-4-7-29(8-5-15)9-10-30/h1-3,6,11,13,15,30H,4-5,7-10,12,14H2,(H,26,31)(H,27,28,32). The topological polar surface area (TPSA) is 120 Å². The summed E-state index contributed by atoms with van der Waals surface area (Å²) in [5.74, 6) is 0.934. The van der Waals surface area contributed by atoms with Crippen LogP contribution in [0.25, 0.3) is 10.9 Å². The predicted molar refractivity (Wildman–Crippen MR) is 125 cm³/mol. The number of aromatic nitrogens is 3. The number of halogens is 1. The third kappa shape index (κ3) is 5.87. The second kappa shape index (κ2) is 10.7. The van der Waals surface area contributed by atoms with Crippen LogP contribution in [0.1, 0.15) is 29.0 Å². The highest BCUT2D eigenvalue weighted by Gasteiger charge is 2.20. The van der Waals surface area contributed by atoms with E-state index >= 15 is 0 Å². The van der Waals surface area contributed by atoms with Crippen LogP contribution >= 0.6 is 11.6 Å². The average Bonchev–Trinajstić information content (AvgIpc) is 2.83. The van der Waals surface area contributed by atoms with Gasteiger partial charge in [0.1, 0.15) is 18.2 Å². The van der Waals surface area contributed by atoms with Crippen LogP contribution in [0.5, 0.6) is 5.75 Å². The van der Waals surface area contributed by atoms with E-state index in [9.17, 15) is 9.59 Å². The van der Waals surface area contributed by atoms with Gasteiger partial charge in [-0.3, -0.25) is 14.6 Å². The van der Waals surface area contributed by atoms with Crippen LogP contribution in [0, 0.1) is 5.92 Å². The number of carbonyl (C=O) groups is 1. The zero-order valence-corrected chi connectivity index (χ0v) is 18.8. The number of carbonyl (C=O) groups excluding carboxylic acids is 1. The maximum atomic E-state index is 12.7. The molecule has 3 N–H and O–H groups in total. The van der Waals surface area contributed by atoms with E-state index < -0.39 is 0 Å². The van der Waals surface area contributed by atoms with E-state index in [4.69, 9.17) is 21.4 Å². The molecular weight excluding hydrogens is 446 g/mol. The van der Waals surface area contributed by atoms with Crippen LogP contribution in [-0.4, -0.2) is 63.7 Å². The van der Waals surface area contributed by atoms with Crippen LogP contribution < -0.4 is 15.6 Å². The number of pyridine rings is 1. The molecule has 0 spiro atoms. The van der Waals surface area contributed by atoms with Crippen molar-refractivity contribution in [3.8, 4) is 5.75 Å². The highest BCUT2D eigenvalue weighted by atomic mass is 35.5. The minimum absolute atomic E-state index is 0.0230. The highest BCUT2D eigenvalue weighted by molar-refractivity contribution is 6.33. The summed E-state index contributed by atoms with van der Waals surface area (Å²) >= 11 is 6.26. The van der Waals surface area contributed by atoms with Crippen molar-refractivity contribution in [2.45, 2.75) is 19.4 Å². The Bertz CT molecular complexity index is 1180. The summed E-state index contributed by atoms with van der Waals surface area (Å²) in [4.78, 5) is 38.2. The number of aromatic amines is 1. The fourth-order valence-corrected chi connectivity index (χ4v) is 4.12. The molecule has 3 aromatic rings. The van der Waals surface area contributed by atoms with Gasteiger partial charge in [-0.25, -0.2) is 4.98 Å². The fourth-order valence-electron chi connectivity index (χ4n) is 3.92. The lowest BCUT2D eigenvalue weighted by Gasteiger charge is -2.31. The van der Waals surface area contributed by atoms with Gasteiger partial charge < -0.3 is 25.0 Å². The summed E-state index contributed by atoms with van der Waals surface area (Å²) in [6.07, 6.45) is 5.01. The molecule has 0 radical (unpaired) electrons. The number of piperidine rings is 1. The summed E-state index contributed by atoms with van der Waals surface area (Å²) in [5.41, 5.74) is 0.550. The van der Waals surface area contributed by atoms with E-state index in [0.29, 0.717) is 52.1 Å². The van der Waals surface area contributed by atoms with Gasteiger partial charge >= 0.3 is 0 Å². The lowest BCUT2D eigenvalue weighted by atomic mass is 9.96. The van der Waals surface area contributed by atoms with Gasteiger partial charge in [0.15, 0.2) is 0 Å². The molecule has 0 saturated carbocycles. The number of aliphatic hydroxyl groups is 1. The van der Waals surface area contributed by atoms with Crippen LogP contribution in [0.15, 0.2) is 41.5 Å². The average molecular weight is 472 g/mol. The fraction of sp³-hybridized carbons (Fsp3) is 0.391. The van der Waals surface area contributed by atoms with Crippen molar-refractivity contribution in [2.24, 2.45) is 5.92 Å². The van der Waals surface area contributed by atoms with Crippen LogP contribution in [-0.2, 0) is 6.61 Å². The number of fused-ring (bicyclic) bond motifs is 1. The molecule has 1 fully saturated rings. The minimum Gasteiger partial charge on any atom is -0.486 e. The number of ether oxygens (including phenoxy) is 1. The molecule has 1 aliphatic rings. The van der Waals surface area contributed by atoms with Crippen LogP contribution in [0.4, 0.5) is 0 Å². The molecule has 0 atom stereocenters. The molecule has 174 valence electrons. The lowest BCUT2D eigenvalue weighted by Crippen LogP contribution is -2.39. The molecule has 1 saturated heterocycles. The number of H-pyrrole nitrogens is 1. The van der Waals surface area contributed by atoms with Gasteiger partial charge in [-0.2, -0.15) is 0 Å². The maximum Gasteiger partial charge on any atom is 0.258 e. The molecule has 10 heteroatoms. The Hall–Kier alpha value is -3.01. The first-order valence-corrected chi connectivity index (χ1v) is 11.3. The third-order valence-electron chi connectivity index (χ3n) is 5.79. The number of likely N-dealkylation sites (tertiary alicyclic amines) is 1. The van der Waals surface area contributed by atoms with Gasteiger partial charge in [0.25, 0.3) is 11.5 Å². The number of nitrogens with zero attached hydrogens (tertiary/aromatic N) is 3. The van der Waals surface area contributed by atoms with Gasteiger partial charge in [-0.15, -0.1) is 0 Å². The van der Waals surface area contributed by atoms with Gasteiger partial charge in [0, 0.05) is 19.3 Å². The van der Waals surface area contributed by atoms with Crippen molar-refractivity contribution in [3.05, 3.63) is 63.4 Å². The Kier molecular flexibility index (Phi) is 7.54. The molecule has 9 nitrogen and oxygen atoms in total. The predicted octanol–water partition coefficient (Wildman–Crippen LogP) is 1.98. The number of benzene rings is 1. The van der Waals surface area contributed by atoms with Crippen molar-refractivity contribution in [3.63, 3.8) is 0 Å². The third-order valence-corrected chi connectivity index (χ3v) is 6.12. The molecule has 0 unspecified atom stereocenters. The minimum atomic E-state index is -0.264. The van der Waals surface area contributed by atoms with E-state index in [1.165, 1.54) is 12.4 Å². The molecule has 0 aliphatic carbocycles. The number of nitrogens with one attached hydrogen (secondary N) is 2. The highest BCUT2D eigenvalue weighted by Crippen LogP contribution is 2.23. The van der Waals surface area contributed by atoms with Gasteiger partial charge in [-0.05, 0) is 56.1 Å². The normalized spacial score (nSPS) is 15.0. The summed E-state index contributed by atoms with van der Waals surface area (Å²) < 4.78 is 5.75. The lowest BCUT2D eigenvalue weighted by molar-refractivity contribution is 0.0932. The Morgan fingerprint density at radius 3 is 2.91 bits per heavy atom. The van der Waals surface area contributed by atoms with Crippen LogP contribution in [0.2, 0.25) is 5.02 Å². The number of β-amino-alcohol motifs (C(OH)–C–C–N with tert-alkyl or cyclic N) is 1. The molecule has 4 rings (SSSR count). The van der Waals surface area contributed by atoms with E-state index in [1.54, 1.807) is 24.3 Å². The molecule has 1 amide bonds. The Balaban J connectivity index is 1.35. The molecule has 33 heavy (non-hydrogen) atoms. The monoisotopic (exact) mass is 471 g/mol. The van der Waals surface area contributed by atoms with E-state index in [2.05, 4.69) is 25.2 Å². The summed E-state index contributed by atoms with van der Waals surface area (Å²) in [7, 11) is 0. The van der Waals surface area contributed by atoms with E-state index in [-0.39, 0.29) is 24.7 Å². The van der Waals surface area contributed by atoms with Gasteiger partial charge in [0.05, 0.1) is 34.3 Å². The van der Waals surface area contributed by atoms with Crippen molar-refractivity contribution in [1.29, 1.82) is 0 Å². The number of hydrogen-bond acceptors (Lipinski definition) is 7. The van der Waals surface area contributed by atoms with Crippen LogP contribution in [0.3, 0.4) is 0 Å². The quantitative estimate of drug-likeness (QED) is 0.459. The van der Waals surface area contributed by atoms with E-state index in [1.807, 2.05) is 0 Å². The molecule has 1 aliphatic heterocycles. The first kappa shape index (κ1) is 23.2. The Morgan fingerprint density at radius 1 is 1.30 bits per heavy atom. The Labute approximate surface area is 195 Å². The molecule has 3 heterocycles. The first-order chi connectivity index (χ1) is 16.0. The van der Waals surface area contributed by atoms with E-state index in [0.717, 1.165) is 25.9 Å². The maximum absolute atomic E-state index is 12.7. The number of aliphatic hydroxyl groups excluding tert-OH is 1. The number of hydrogen-bond donors (Lipinski definition) is 3. The Morgan fingerprint density at radius 2 is 2.12 bits per heavy atom. The zero-order chi connectivity index (χ0) is 23.2. The van der Waals surface area contributed by atoms with Crippen molar-refractivity contribution in [1.82, 2.24) is 25.2 Å². The number of amides is 1. The molecule has 2 aromatic heterocycles. The van der Waals surface area contributed by atoms with Crippen molar-refractivity contribution < 1.29 is 14.6 Å². The molecule has 0 bridgehead atoms. The van der Waals surface area contributed by atoms with Crippen molar-refractivity contribution in [2.75, 3.05) is 32.8 Å².